The van der Waals surface area contributed by atoms with Gasteiger partial charge in [-0.05, 0) is 105 Å². The van der Waals surface area contributed by atoms with Gasteiger partial charge in [0.1, 0.15) is 5.82 Å². The molecular weight excluding hydrogens is 603 g/mol. The number of carboxylic acid groups (broad SMARTS) is 1. The molecular formula is C34H34F7NO3. The van der Waals surface area contributed by atoms with Crippen LogP contribution in [0.5, 0.6) is 0 Å². The zero-order valence-corrected chi connectivity index (χ0v) is 24.4. The molecule has 1 heterocycles. The largest absolute Gasteiger partial charge is 0.479 e. The van der Waals surface area contributed by atoms with E-state index in [9.17, 15) is 40.6 Å². The normalized spacial score (nSPS) is 22.7. The van der Waals surface area contributed by atoms with Gasteiger partial charge in [0.25, 0.3) is 0 Å². The molecule has 0 aromatic heterocycles. The van der Waals surface area contributed by atoms with Crippen LogP contribution < -0.4 is 0 Å². The number of hydrogen-bond acceptors (Lipinski definition) is 3. The molecule has 1 saturated heterocycles. The summed E-state index contributed by atoms with van der Waals surface area (Å²) in [5.41, 5.74) is -2.58. The van der Waals surface area contributed by atoms with Crippen LogP contribution in [0.3, 0.4) is 0 Å². The standard InChI is InChI=1S/C34H34F7NO3/c35-28-8-6-22(7-9-28)23-12-16-42(17-13-23)29-10-14-32(15-11-29,25-4-2-1-3-5-25)21-45-30(31(43)44)24-18-26(33(36,37)38)20-27(19-24)34(39,40)41/h1-9,18-20,23,29-30H,10-17,21H2,(H,43,44). The summed E-state index contributed by atoms with van der Waals surface area (Å²) in [5, 5.41) is 9.91. The molecule has 0 radical (unpaired) electrons. The summed E-state index contributed by atoms with van der Waals surface area (Å²) in [6, 6.07) is 17.0. The third-order valence-corrected chi connectivity index (χ3v) is 9.35. The average Bonchev–Trinajstić information content (AvgIpc) is 3.01. The van der Waals surface area contributed by atoms with Crippen LogP contribution in [0, 0.1) is 5.82 Å². The minimum Gasteiger partial charge on any atom is -0.479 e. The number of carboxylic acids is 1. The Morgan fingerprint density at radius 3 is 1.91 bits per heavy atom. The van der Waals surface area contributed by atoms with E-state index in [2.05, 4.69) is 4.90 Å². The van der Waals surface area contributed by atoms with Gasteiger partial charge < -0.3 is 14.7 Å². The minimum atomic E-state index is -5.11. The fourth-order valence-electron chi connectivity index (χ4n) is 6.84. The highest BCUT2D eigenvalue weighted by Gasteiger charge is 2.42. The van der Waals surface area contributed by atoms with Gasteiger partial charge in [0, 0.05) is 11.5 Å². The number of nitrogens with zero attached hydrogens (tertiary/aromatic N) is 1. The molecule has 0 amide bonds. The Bertz CT molecular complexity index is 1410. The summed E-state index contributed by atoms with van der Waals surface area (Å²) in [6.07, 6.45) is -7.66. The van der Waals surface area contributed by atoms with E-state index in [4.69, 9.17) is 4.74 Å². The number of alkyl halides is 6. The molecule has 3 aromatic carbocycles. The second-order valence-electron chi connectivity index (χ2n) is 12.1. The molecule has 45 heavy (non-hydrogen) atoms. The Hall–Kier alpha value is -3.44. The first-order chi connectivity index (χ1) is 21.2. The number of aliphatic carboxylic acids is 1. The van der Waals surface area contributed by atoms with E-state index in [1.54, 1.807) is 0 Å². The van der Waals surface area contributed by atoms with Crippen molar-refractivity contribution in [2.75, 3.05) is 19.7 Å². The minimum absolute atomic E-state index is 0.0301. The monoisotopic (exact) mass is 637 g/mol. The third-order valence-electron chi connectivity index (χ3n) is 9.35. The van der Waals surface area contributed by atoms with Gasteiger partial charge in [0.05, 0.1) is 17.7 Å². The molecule has 2 aliphatic rings. The van der Waals surface area contributed by atoms with Crippen LogP contribution >= 0.6 is 0 Å². The molecule has 11 heteroatoms. The van der Waals surface area contributed by atoms with Crippen molar-refractivity contribution in [3.8, 4) is 0 Å². The molecule has 1 aliphatic heterocycles. The van der Waals surface area contributed by atoms with Crippen molar-refractivity contribution < 1.29 is 45.4 Å². The smallest absolute Gasteiger partial charge is 0.416 e. The van der Waals surface area contributed by atoms with E-state index >= 15 is 0 Å². The second kappa shape index (κ2) is 13.1. The first-order valence-corrected chi connectivity index (χ1v) is 14.9. The number of benzene rings is 3. The highest BCUT2D eigenvalue weighted by molar-refractivity contribution is 5.74. The number of piperidine rings is 1. The maximum absolute atomic E-state index is 13.5. The lowest BCUT2D eigenvalue weighted by Crippen LogP contribution is -2.47. The van der Waals surface area contributed by atoms with E-state index in [-0.39, 0.29) is 24.5 Å². The zero-order valence-electron chi connectivity index (χ0n) is 24.4. The molecule has 3 aromatic rings. The van der Waals surface area contributed by atoms with E-state index in [1.165, 1.54) is 12.1 Å². The first kappa shape index (κ1) is 32.9. The van der Waals surface area contributed by atoms with Crippen molar-refractivity contribution in [3.05, 3.63) is 106 Å². The van der Waals surface area contributed by atoms with Gasteiger partial charge in [0.2, 0.25) is 0 Å². The molecule has 0 spiro atoms. The molecule has 1 unspecified atom stereocenters. The summed E-state index contributed by atoms with van der Waals surface area (Å²) >= 11 is 0. The predicted molar refractivity (Wildman–Crippen MR) is 153 cm³/mol. The van der Waals surface area contributed by atoms with Crippen LogP contribution in [0.2, 0.25) is 0 Å². The van der Waals surface area contributed by atoms with Crippen LogP contribution in [-0.2, 0) is 27.3 Å². The summed E-state index contributed by atoms with van der Waals surface area (Å²) in [4.78, 5) is 14.7. The average molecular weight is 638 g/mol. The Kier molecular flexibility index (Phi) is 9.60. The van der Waals surface area contributed by atoms with Gasteiger partial charge >= 0.3 is 18.3 Å². The van der Waals surface area contributed by atoms with E-state index < -0.39 is 46.5 Å². The molecule has 242 valence electrons. The van der Waals surface area contributed by atoms with Crippen molar-refractivity contribution in [1.29, 1.82) is 0 Å². The lowest BCUT2D eigenvalue weighted by Gasteiger charge is -2.46. The molecule has 1 atom stereocenters. The first-order valence-electron chi connectivity index (χ1n) is 14.9. The van der Waals surface area contributed by atoms with Gasteiger partial charge in [-0.3, -0.25) is 0 Å². The van der Waals surface area contributed by atoms with Crippen molar-refractivity contribution in [2.45, 2.75) is 74.4 Å². The quantitative estimate of drug-likeness (QED) is 0.251. The van der Waals surface area contributed by atoms with Crippen molar-refractivity contribution in [1.82, 2.24) is 4.90 Å². The fourth-order valence-corrected chi connectivity index (χ4v) is 6.84. The molecule has 5 rings (SSSR count). The molecule has 0 bridgehead atoms. The lowest BCUT2D eigenvalue weighted by atomic mass is 9.68. The Morgan fingerprint density at radius 2 is 1.40 bits per heavy atom. The van der Waals surface area contributed by atoms with Crippen LogP contribution in [0.1, 0.15) is 78.4 Å². The Labute approximate surface area is 256 Å². The molecule has 1 N–H and O–H groups in total. The Balaban J connectivity index is 1.32. The fraction of sp³-hybridized carbons (Fsp3) is 0.441. The number of carbonyl (C=O) groups is 1. The molecule has 2 fully saturated rings. The number of rotatable bonds is 8. The SMILES string of the molecule is O=C(O)C(OCC1(c2ccccc2)CCC(N2CCC(c3ccc(F)cc3)CC2)CC1)c1cc(C(F)(F)F)cc(C(F)(F)F)c1. The summed E-state index contributed by atoms with van der Waals surface area (Å²) < 4.78 is 100. The Morgan fingerprint density at radius 1 is 0.844 bits per heavy atom. The number of halogens is 7. The highest BCUT2D eigenvalue weighted by Crippen LogP contribution is 2.44. The molecule has 1 saturated carbocycles. The van der Waals surface area contributed by atoms with Crippen LogP contribution in [0.25, 0.3) is 0 Å². The van der Waals surface area contributed by atoms with Gasteiger partial charge in [-0.2, -0.15) is 26.3 Å². The summed E-state index contributed by atoms with van der Waals surface area (Å²) in [5.74, 6) is -1.59. The molecule has 4 nitrogen and oxygen atoms in total. The second-order valence-corrected chi connectivity index (χ2v) is 12.1. The van der Waals surface area contributed by atoms with E-state index in [0.717, 1.165) is 49.9 Å². The van der Waals surface area contributed by atoms with Crippen molar-refractivity contribution in [3.63, 3.8) is 0 Å². The van der Waals surface area contributed by atoms with Gasteiger partial charge in [-0.1, -0.05) is 42.5 Å². The number of ether oxygens (including phenoxy) is 1. The maximum Gasteiger partial charge on any atom is 0.416 e. The maximum atomic E-state index is 13.5. The van der Waals surface area contributed by atoms with Gasteiger partial charge in [0.15, 0.2) is 6.10 Å². The highest BCUT2D eigenvalue weighted by atomic mass is 19.4. The van der Waals surface area contributed by atoms with Gasteiger partial charge in [-0.15, -0.1) is 0 Å². The number of likely N-dealkylation sites (tertiary alicyclic amines) is 1. The van der Waals surface area contributed by atoms with Gasteiger partial charge in [-0.25, -0.2) is 9.18 Å². The summed E-state index contributed by atoms with van der Waals surface area (Å²) in [6.45, 7) is 1.56. The van der Waals surface area contributed by atoms with E-state index in [1.807, 2.05) is 42.5 Å². The van der Waals surface area contributed by atoms with E-state index in [0.29, 0.717) is 30.9 Å². The van der Waals surface area contributed by atoms with Crippen LogP contribution in [0.4, 0.5) is 30.7 Å². The lowest BCUT2D eigenvalue weighted by molar-refractivity contribution is -0.154. The van der Waals surface area contributed by atoms with Crippen LogP contribution in [-0.4, -0.2) is 41.7 Å². The number of hydrogen-bond donors (Lipinski definition) is 1. The topological polar surface area (TPSA) is 49.8 Å². The predicted octanol–water partition coefficient (Wildman–Crippen LogP) is 8.77. The third kappa shape index (κ3) is 7.69. The van der Waals surface area contributed by atoms with Crippen molar-refractivity contribution in [2.24, 2.45) is 0 Å². The van der Waals surface area contributed by atoms with Crippen LogP contribution in [0.15, 0.2) is 72.8 Å². The molecule has 1 aliphatic carbocycles. The van der Waals surface area contributed by atoms with Crippen molar-refractivity contribution >= 4 is 5.97 Å². The zero-order chi connectivity index (χ0) is 32.4. The summed E-state index contributed by atoms with van der Waals surface area (Å²) in [7, 11) is 0.